The number of rotatable bonds is 4. The van der Waals surface area contributed by atoms with E-state index in [9.17, 15) is 0 Å². The molecule has 0 spiro atoms. The van der Waals surface area contributed by atoms with Crippen LogP contribution < -0.4 is 5.32 Å². The van der Waals surface area contributed by atoms with Gasteiger partial charge in [-0.25, -0.2) is 4.98 Å². The smallest absolute Gasteiger partial charge is 0.157 e. The topological polar surface area (TPSA) is 53.6 Å². The maximum atomic E-state index is 4.57. The van der Waals surface area contributed by atoms with Crippen LogP contribution in [0.1, 0.15) is 12.5 Å². The van der Waals surface area contributed by atoms with Crippen LogP contribution in [0, 0.1) is 0 Å². The van der Waals surface area contributed by atoms with Gasteiger partial charge in [-0.3, -0.25) is 4.98 Å². The fraction of sp³-hybridized carbons (Fsp3) is 0.200. The lowest BCUT2D eigenvalue weighted by Gasteiger charge is -2.00. The molecule has 4 nitrogen and oxygen atoms in total. The summed E-state index contributed by atoms with van der Waals surface area (Å²) in [7, 11) is 0. The monoisotopic (exact) mass is 252 g/mol. The van der Waals surface area contributed by atoms with E-state index in [1.807, 2.05) is 24.3 Å². The number of imidazole rings is 1. The number of aromatic amines is 1. The number of hydrogen-bond donors (Lipinski definition) is 2. The van der Waals surface area contributed by atoms with Crippen molar-refractivity contribution < 1.29 is 0 Å². The molecule has 0 saturated heterocycles. The molecule has 0 atom stereocenters. The van der Waals surface area contributed by atoms with Gasteiger partial charge in [-0.1, -0.05) is 19.1 Å². The van der Waals surface area contributed by atoms with Crippen LogP contribution in [0.4, 0.5) is 0 Å². The van der Waals surface area contributed by atoms with Crippen LogP contribution in [0.3, 0.4) is 0 Å². The van der Waals surface area contributed by atoms with E-state index in [0.717, 1.165) is 35.6 Å². The third-order valence-electron chi connectivity index (χ3n) is 3.03. The Morgan fingerprint density at radius 2 is 2.16 bits per heavy atom. The molecule has 19 heavy (non-hydrogen) atoms. The quantitative estimate of drug-likeness (QED) is 0.750. The zero-order valence-corrected chi connectivity index (χ0v) is 10.9. The van der Waals surface area contributed by atoms with Gasteiger partial charge in [-0.15, -0.1) is 0 Å². The summed E-state index contributed by atoms with van der Waals surface area (Å²) in [6, 6.07) is 12.1. The molecule has 4 heteroatoms. The second kappa shape index (κ2) is 5.20. The van der Waals surface area contributed by atoms with Crippen LogP contribution in [0.15, 0.2) is 42.6 Å². The highest BCUT2D eigenvalue weighted by Crippen LogP contribution is 2.19. The van der Waals surface area contributed by atoms with Crippen LogP contribution in [-0.4, -0.2) is 21.5 Å². The SMILES string of the molecule is CCNCc1ccc2nc(-c3ccccn3)[nH]c2c1. The normalized spacial score (nSPS) is 11.0. The van der Waals surface area contributed by atoms with Crippen molar-refractivity contribution in [2.45, 2.75) is 13.5 Å². The number of pyridine rings is 1. The largest absolute Gasteiger partial charge is 0.337 e. The molecule has 2 heterocycles. The van der Waals surface area contributed by atoms with Crippen molar-refractivity contribution in [2.24, 2.45) is 0 Å². The Hall–Kier alpha value is -2.20. The van der Waals surface area contributed by atoms with Crippen molar-refractivity contribution in [1.29, 1.82) is 0 Å². The molecule has 0 aliphatic rings. The molecule has 0 amide bonds. The molecule has 0 unspecified atom stereocenters. The van der Waals surface area contributed by atoms with E-state index < -0.39 is 0 Å². The van der Waals surface area contributed by atoms with E-state index in [4.69, 9.17) is 0 Å². The van der Waals surface area contributed by atoms with Gasteiger partial charge in [-0.05, 0) is 36.4 Å². The number of H-pyrrole nitrogens is 1. The van der Waals surface area contributed by atoms with Gasteiger partial charge >= 0.3 is 0 Å². The van der Waals surface area contributed by atoms with Gasteiger partial charge in [0, 0.05) is 12.7 Å². The highest BCUT2D eigenvalue weighted by atomic mass is 14.9. The van der Waals surface area contributed by atoms with Crippen molar-refractivity contribution in [3.8, 4) is 11.5 Å². The first kappa shape index (κ1) is 11.9. The number of fused-ring (bicyclic) bond motifs is 1. The van der Waals surface area contributed by atoms with E-state index in [2.05, 4.69) is 39.3 Å². The number of benzene rings is 1. The molecule has 3 rings (SSSR count). The van der Waals surface area contributed by atoms with Crippen molar-refractivity contribution in [3.63, 3.8) is 0 Å². The third-order valence-corrected chi connectivity index (χ3v) is 3.03. The number of hydrogen-bond acceptors (Lipinski definition) is 3. The first-order valence-corrected chi connectivity index (χ1v) is 6.47. The molecule has 0 radical (unpaired) electrons. The fourth-order valence-corrected chi connectivity index (χ4v) is 2.06. The second-order valence-electron chi connectivity index (χ2n) is 4.43. The highest BCUT2D eigenvalue weighted by molar-refractivity contribution is 5.79. The van der Waals surface area contributed by atoms with E-state index >= 15 is 0 Å². The lowest BCUT2D eigenvalue weighted by molar-refractivity contribution is 0.727. The maximum Gasteiger partial charge on any atom is 0.157 e. The van der Waals surface area contributed by atoms with Crippen molar-refractivity contribution in [1.82, 2.24) is 20.3 Å². The van der Waals surface area contributed by atoms with E-state index in [0.29, 0.717) is 0 Å². The first-order chi connectivity index (χ1) is 9.36. The fourth-order valence-electron chi connectivity index (χ4n) is 2.06. The number of nitrogens with one attached hydrogen (secondary N) is 2. The molecular weight excluding hydrogens is 236 g/mol. The van der Waals surface area contributed by atoms with Gasteiger partial charge in [0.05, 0.1) is 11.0 Å². The third kappa shape index (κ3) is 2.48. The molecule has 96 valence electrons. The maximum absolute atomic E-state index is 4.57. The predicted octanol–water partition coefficient (Wildman–Crippen LogP) is 2.73. The summed E-state index contributed by atoms with van der Waals surface area (Å²) in [5.41, 5.74) is 4.15. The van der Waals surface area contributed by atoms with Gasteiger partial charge in [0.25, 0.3) is 0 Å². The zero-order chi connectivity index (χ0) is 13.1. The van der Waals surface area contributed by atoms with E-state index in [-0.39, 0.29) is 0 Å². The van der Waals surface area contributed by atoms with E-state index in [1.165, 1.54) is 5.56 Å². The van der Waals surface area contributed by atoms with Gasteiger partial charge in [-0.2, -0.15) is 0 Å². The lowest BCUT2D eigenvalue weighted by Crippen LogP contribution is -2.11. The zero-order valence-electron chi connectivity index (χ0n) is 10.9. The van der Waals surface area contributed by atoms with Gasteiger partial charge in [0.1, 0.15) is 5.69 Å². The molecule has 1 aromatic carbocycles. The summed E-state index contributed by atoms with van der Waals surface area (Å²) in [4.78, 5) is 12.2. The minimum absolute atomic E-state index is 0.816. The van der Waals surface area contributed by atoms with E-state index in [1.54, 1.807) is 6.20 Å². The molecule has 0 aliphatic carbocycles. The Bertz CT molecular complexity index is 673. The van der Waals surface area contributed by atoms with Crippen LogP contribution in [0.25, 0.3) is 22.6 Å². The second-order valence-corrected chi connectivity index (χ2v) is 4.43. The van der Waals surface area contributed by atoms with Crippen LogP contribution >= 0.6 is 0 Å². The average Bonchev–Trinajstić information content (AvgIpc) is 2.89. The van der Waals surface area contributed by atoms with Crippen LogP contribution in [0.2, 0.25) is 0 Å². The minimum Gasteiger partial charge on any atom is -0.337 e. The Kier molecular flexibility index (Phi) is 3.25. The molecule has 0 fully saturated rings. The van der Waals surface area contributed by atoms with Crippen LogP contribution in [-0.2, 0) is 6.54 Å². The Balaban J connectivity index is 1.97. The Labute approximate surface area is 111 Å². The Morgan fingerprint density at radius 3 is 2.95 bits per heavy atom. The summed E-state index contributed by atoms with van der Waals surface area (Å²) >= 11 is 0. The van der Waals surface area contributed by atoms with Gasteiger partial charge < -0.3 is 10.3 Å². The van der Waals surface area contributed by atoms with Crippen LogP contribution in [0.5, 0.6) is 0 Å². The summed E-state index contributed by atoms with van der Waals surface area (Å²) in [6.45, 7) is 3.96. The van der Waals surface area contributed by atoms with Crippen molar-refractivity contribution >= 4 is 11.0 Å². The molecule has 3 aromatic rings. The summed E-state index contributed by atoms with van der Waals surface area (Å²) in [5, 5.41) is 3.32. The highest BCUT2D eigenvalue weighted by Gasteiger charge is 2.06. The average molecular weight is 252 g/mol. The van der Waals surface area contributed by atoms with Gasteiger partial charge in [0.2, 0.25) is 0 Å². The summed E-state index contributed by atoms with van der Waals surface area (Å²) in [6.07, 6.45) is 1.78. The molecule has 2 N–H and O–H groups in total. The number of nitrogens with zero attached hydrogens (tertiary/aromatic N) is 2. The molecule has 2 aromatic heterocycles. The summed E-state index contributed by atoms with van der Waals surface area (Å²) in [5.74, 6) is 0.816. The first-order valence-electron chi connectivity index (χ1n) is 6.47. The summed E-state index contributed by atoms with van der Waals surface area (Å²) < 4.78 is 0. The van der Waals surface area contributed by atoms with Gasteiger partial charge in [0.15, 0.2) is 5.82 Å². The molecule has 0 aliphatic heterocycles. The molecule has 0 saturated carbocycles. The predicted molar refractivity (Wildman–Crippen MR) is 76.7 cm³/mol. The number of aromatic nitrogens is 3. The van der Waals surface area contributed by atoms with Crippen molar-refractivity contribution in [3.05, 3.63) is 48.2 Å². The Morgan fingerprint density at radius 1 is 1.21 bits per heavy atom. The van der Waals surface area contributed by atoms with Crippen molar-refractivity contribution in [2.75, 3.05) is 6.54 Å². The molecular formula is C15H16N4. The standard InChI is InChI=1S/C15H16N4/c1-2-16-10-11-6-7-12-14(9-11)19-15(18-12)13-5-3-4-8-17-13/h3-9,16H,2,10H2,1H3,(H,18,19). The minimum atomic E-state index is 0.816. The lowest BCUT2D eigenvalue weighted by atomic mass is 10.2. The molecule has 0 bridgehead atoms.